The van der Waals surface area contributed by atoms with Crippen molar-refractivity contribution in [2.45, 2.75) is 39.3 Å². The first-order valence-electron chi connectivity index (χ1n) is 5.40. The molecule has 0 amide bonds. The summed E-state index contributed by atoms with van der Waals surface area (Å²) in [6.07, 6.45) is 0. The molecular weight excluding hydrogens is 238 g/mol. The van der Waals surface area contributed by atoms with E-state index in [1.54, 1.807) is 15.7 Å². The van der Waals surface area contributed by atoms with Crippen molar-refractivity contribution in [3.63, 3.8) is 0 Å². The molecule has 0 atom stereocenters. The molecule has 1 aromatic heterocycles. The van der Waals surface area contributed by atoms with Crippen LogP contribution < -0.4 is 11.4 Å². The van der Waals surface area contributed by atoms with Crippen molar-refractivity contribution in [3.05, 3.63) is 21.0 Å². The molecule has 1 aromatic rings. The highest BCUT2D eigenvalue weighted by atomic mass is 28.3. The summed E-state index contributed by atoms with van der Waals surface area (Å²) < 4.78 is 4.67. The van der Waals surface area contributed by atoms with Crippen LogP contribution in [0.25, 0.3) is 0 Å². The van der Waals surface area contributed by atoms with E-state index >= 15 is 0 Å². The number of aromatic nitrogens is 3. The largest absolute Gasteiger partial charge is 0.337 e. The van der Waals surface area contributed by atoms with Gasteiger partial charge in [0, 0.05) is 7.05 Å². The summed E-state index contributed by atoms with van der Waals surface area (Å²) in [5.41, 5.74) is -0.349. The fourth-order valence-corrected chi connectivity index (χ4v) is 6.33. The van der Waals surface area contributed by atoms with E-state index in [2.05, 4.69) is 39.3 Å². The molecule has 92 valence electrons. The lowest BCUT2D eigenvalue weighted by molar-refractivity contribution is 0.782. The molecule has 0 bridgehead atoms. The Balaban J connectivity index is 3.81. The van der Waals surface area contributed by atoms with Crippen molar-refractivity contribution in [3.8, 4) is 0 Å². The number of hydrogen-bond acceptors (Lipinski definition) is 2. The molecule has 0 aliphatic carbocycles. The Morgan fingerprint density at radius 1 is 0.750 bits per heavy atom. The van der Waals surface area contributed by atoms with Crippen molar-refractivity contribution in [1.29, 1.82) is 0 Å². The summed E-state index contributed by atoms with van der Waals surface area (Å²) in [4.78, 5) is 24.1. The van der Waals surface area contributed by atoms with E-state index in [-0.39, 0.29) is 11.4 Å². The van der Waals surface area contributed by atoms with Crippen molar-refractivity contribution >= 4 is 16.5 Å². The normalized spacial score (nSPS) is 13.2. The molecule has 0 spiro atoms. The first kappa shape index (κ1) is 13.2. The second kappa shape index (κ2) is 3.59. The highest BCUT2D eigenvalue weighted by Crippen LogP contribution is 2.07. The highest BCUT2D eigenvalue weighted by Gasteiger charge is 2.31. The molecule has 0 saturated carbocycles. The third-order valence-electron chi connectivity index (χ3n) is 2.41. The van der Waals surface area contributed by atoms with Crippen LogP contribution in [0.15, 0.2) is 9.59 Å². The van der Waals surface area contributed by atoms with Crippen LogP contribution in [0.5, 0.6) is 0 Å². The minimum Gasteiger partial charge on any atom is -0.271 e. The molecule has 1 heterocycles. The molecule has 0 aliphatic rings. The second-order valence-electron chi connectivity index (χ2n) is 6.09. The van der Waals surface area contributed by atoms with Gasteiger partial charge in [0.05, 0.1) is 0 Å². The molecule has 0 unspecified atom stereocenters. The van der Waals surface area contributed by atoms with Gasteiger partial charge in [-0.2, -0.15) is 0 Å². The number of hydrogen-bond donors (Lipinski definition) is 0. The predicted octanol–water partition coefficient (Wildman–Crippen LogP) is 0.714. The lowest BCUT2D eigenvalue weighted by Crippen LogP contribution is -2.53. The first-order chi connectivity index (χ1) is 6.98. The van der Waals surface area contributed by atoms with E-state index in [0.717, 1.165) is 0 Å². The molecule has 0 fully saturated rings. The zero-order valence-corrected chi connectivity index (χ0v) is 13.2. The number of rotatable bonds is 2. The van der Waals surface area contributed by atoms with Gasteiger partial charge in [0.15, 0.2) is 16.5 Å². The van der Waals surface area contributed by atoms with E-state index in [1.807, 2.05) is 0 Å². The minimum atomic E-state index is -1.86. The summed E-state index contributed by atoms with van der Waals surface area (Å²) in [5.74, 6) is 0. The second-order valence-corrected chi connectivity index (χ2v) is 15.6. The highest BCUT2D eigenvalue weighted by molar-refractivity contribution is 6.78. The molecule has 1 rings (SSSR count). The summed E-state index contributed by atoms with van der Waals surface area (Å²) in [5, 5.41) is 0. The van der Waals surface area contributed by atoms with Crippen molar-refractivity contribution < 1.29 is 0 Å². The molecule has 5 nitrogen and oxygen atoms in total. The van der Waals surface area contributed by atoms with Gasteiger partial charge < -0.3 is 0 Å². The third-order valence-corrected chi connectivity index (χ3v) is 5.93. The topological polar surface area (TPSA) is 48.9 Å². The van der Waals surface area contributed by atoms with E-state index < -0.39 is 16.5 Å². The van der Waals surface area contributed by atoms with Crippen molar-refractivity contribution in [2.75, 3.05) is 0 Å². The molecule has 0 N–H and O–H groups in total. The maximum atomic E-state index is 12.1. The third kappa shape index (κ3) is 2.01. The quantitative estimate of drug-likeness (QED) is 0.735. The fraction of sp³-hybridized carbons (Fsp3) is 0.778. The Morgan fingerprint density at radius 2 is 1.00 bits per heavy atom. The molecule has 0 aliphatic heterocycles. The zero-order valence-electron chi connectivity index (χ0n) is 11.2. The van der Waals surface area contributed by atoms with E-state index in [9.17, 15) is 9.59 Å². The Morgan fingerprint density at radius 3 is 1.19 bits per heavy atom. The zero-order chi connectivity index (χ0) is 12.9. The average Bonchev–Trinajstić information content (AvgIpc) is 2.27. The van der Waals surface area contributed by atoms with Crippen molar-refractivity contribution in [2.24, 2.45) is 7.05 Å². The van der Waals surface area contributed by atoms with Gasteiger partial charge in [-0.1, -0.05) is 0 Å². The van der Waals surface area contributed by atoms with E-state index in [0.29, 0.717) is 0 Å². The first-order valence-corrected chi connectivity index (χ1v) is 12.3. The SMILES string of the molecule is Cn1c(=O)n([Si](C)(C)C)n([Si](C)(C)C)c1=O. The fourth-order valence-electron chi connectivity index (χ4n) is 1.71. The van der Waals surface area contributed by atoms with Gasteiger partial charge in [-0.15, -0.1) is 0 Å². The Labute approximate surface area is 97.5 Å². The summed E-state index contributed by atoms with van der Waals surface area (Å²) in [7, 11) is -2.17. The summed E-state index contributed by atoms with van der Waals surface area (Å²) in [6.45, 7) is 12.4. The van der Waals surface area contributed by atoms with Crippen LogP contribution >= 0.6 is 0 Å². The molecule has 7 heteroatoms. The van der Waals surface area contributed by atoms with Crippen molar-refractivity contribution in [1.82, 2.24) is 13.3 Å². The van der Waals surface area contributed by atoms with Gasteiger partial charge in [0.1, 0.15) is 0 Å². The smallest absolute Gasteiger partial charge is 0.271 e. The van der Waals surface area contributed by atoms with Crippen LogP contribution in [0.4, 0.5) is 0 Å². The molecule has 0 radical (unpaired) electrons. The molecule has 16 heavy (non-hydrogen) atoms. The average molecular weight is 259 g/mol. The number of nitrogens with zero attached hydrogens (tertiary/aromatic N) is 3. The summed E-state index contributed by atoms with van der Waals surface area (Å²) in [6, 6.07) is 0. The van der Waals surface area contributed by atoms with E-state index in [4.69, 9.17) is 0 Å². The lowest BCUT2D eigenvalue weighted by Gasteiger charge is -2.27. The predicted molar refractivity (Wildman–Crippen MR) is 71.4 cm³/mol. The van der Waals surface area contributed by atoms with Crippen LogP contribution in [0.1, 0.15) is 0 Å². The Bertz CT molecular complexity index is 465. The molecule has 0 aromatic carbocycles. The van der Waals surface area contributed by atoms with Crippen LogP contribution in [0.3, 0.4) is 0 Å². The van der Waals surface area contributed by atoms with Gasteiger partial charge in [0.2, 0.25) is 0 Å². The van der Waals surface area contributed by atoms with Gasteiger partial charge >= 0.3 is 11.4 Å². The monoisotopic (exact) mass is 259 g/mol. The lowest BCUT2D eigenvalue weighted by atomic mass is 11.0. The summed E-state index contributed by atoms with van der Waals surface area (Å²) >= 11 is 0. The van der Waals surface area contributed by atoms with Crippen LogP contribution in [0, 0.1) is 0 Å². The maximum Gasteiger partial charge on any atom is 0.337 e. The van der Waals surface area contributed by atoms with Gasteiger partial charge in [-0.25, -0.2) is 14.2 Å². The Kier molecular flexibility index (Phi) is 2.97. The van der Waals surface area contributed by atoms with Gasteiger partial charge in [-0.3, -0.25) is 8.69 Å². The van der Waals surface area contributed by atoms with Gasteiger partial charge in [0.25, 0.3) is 0 Å². The maximum absolute atomic E-state index is 12.1. The Hall–Kier alpha value is -0.826. The van der Waals surface area contributed by atoms with E-state index in [1.165, 1.54) is 4.57 Å². The standard InChI is InChI=1S/C9H21N3O2Si2/c1-10-8(13)11(15(2,3)4)12(9(10)14)16(5,6)7/h1-7H3. The van der Waals surface area contributed by atoms with Gasteiger partial charge in [-0.05, 0) is 39.3 Å². The van der Waals surface area contributed by atoms with Crippen LogP contribution in [-0.4, -0.2) is 29.7 Å². The molecule has 0 saturated heterocycles. The minimum absolute atomic E-state index is 0.174. The van der Waals surface area contributed by atoms with Crippen LogP contribution in [-0.2, 0) is 7.05 Å². The molecular formula is C9H21N3O2Si2. The van der Waals surface area contributed by atoms with Crippen LogP contribution in [0.2, 0.25) is 39.3 Å².